The normalized spacial score (nSPS) is 13.2. The predicted molar refractivity (Wildman–Crippen MR) is 61.1 cm³/mol. The highest BCUT2D eigenvalue weighted by molar-refractivity contribution is 7.89. The van der Waals surface area contributed by atoms with Gasteiger partial charge in [0.15, 0.2) is 0 Å². The zero-order chi connectivity index (χ0) is 12.3. The summed E-state index contributed by atoms with van der Waals surface area (Å²) < 4.78 is 32.9. The number of sulfonamides is 1. The molecule has 2 N–H and O–H groups in total. The first-order valence-corrected chi connectivity index (χ1v) is 6.25. The van der Waals surface area contributed by atoms with Gasteiger partial charge in [-0.05, 0) is 19.1 Å². The molecule has 1 aromatic carbocycles. The van der Waals surface area contributed by atoms with E-state index in [9.17, 15) is 8.42 Å². The zero-order valence-electron chi connectivity index (χ0n) is 9.43. The third-order valence-corrected chi connectivity index (χ3v) is 3.59. The van der Waals surface area contributed by atoms with E-state index in [4.69, 9.17) is 14.6 Å². The number of primary sulfonamides is 1. The van der Waals surface area contributed by atoms with E-state index in [1.54, 1.807) is 18.2 Å². The van der Waals surface area contributed by atoms with Crippen molar-refractivity contribution in [2.45, 2.75) is 12.2 Å². The monoisotopic (exact) mass is 245 g/mol. The van der Waals surface area contributed by atoms with Crippen LogP contribution >= 0.6 is 0 Å². The first-order chi connectivity index (χ1) is 7.41. The minimum atomic E-state index is -3.68. The van der Waals surface area contributed by atoms with E-state index >= 15 is 0 Å². The number of nitrogens with two attached hydrogens (primary N) is 1. The van der Waals surface area contributed by atoms with Gasteiger partial charge in [-0.15, -0.1) is 0 Å². The fraction of sp³-hybridized carbons (Fsp3) is 0.400. The SMILES string of the molecule is COc1cccc(OC)c1C(C)S(N)(=O)=O. The Hall–Kier alpha value is -1.27. The Morgan fingerprint density at radius 3 is 1.94 bits per heavy atom. The van der Waals surface area contributed by atoms with Crippen molar-refractivity contribution in [2.24, 2.45) is 5.14 Å². The van der Waals surface area contributed by atoms with E-state index in [1.165, 1.54) is 21.1 Å². The molecule has 0 aromatic heterocycles. The number of ether oxygens (including phenoxy) is 2. The van der Waals surface area contributed by atoms with Crippen LogP contribution in [0.15, 0.2) is 18.2 Å². The molecule has 0 fully saturated rings. The number of hydrogen-bond donors (Lipinski definition) is 1. The molecule has 0 heterocycles. The van der Waals surface area contributed by atoms with Gasteiger partial charge in [0, 0.05) is 0 Å². The van der Waals surface area contributed by atoms with Crippen molar-refractivity contribution in [3.05, 3.63) is 23.8 Å². The van der Waals surface area contributed by atoms with E-state index in [0.29, 0.717) is 17.1 Å². The van der Waals surface area contributed by atoms with E-state index in [1.807, 2.05) is 0 Å². The number of hydrogen-bond acceptors (Lipinski definition) is 4. The van der Waals surface area contributed by atoms with E-state index < -0.39 is 15.3 Å². The summed E-state index contributed by atoms with van der Waals surface area (Å²) in [4.78, 5) is 0. The van der Waals surface area contributed by atoms with Crippen LogP contribution in [-0.4, -0.2) is 22.6 Å². The van der Waals surface area contributed by atoms with Crippen molar-refractivity contribution < 1.29 is 17.9 Å². The van der Waals surface area contributed by atoms with Crippen LogP contribution in [0, 0.1) is 0 Å². The van der Waals surface area contributed by atoms with Crippen LogP contribution in [-0.2, 0) is 10.0 Å². The lowest BCUT2D eigenvalue weighted by atomic mass is 10.1. The van der Waals surface area contributed by atoms with Gasteiger partial charge >= 0.3 is 0 Å². The Labute approximate surface area is 95.2 Å². The predicted octanol–water partition coefficient (Wildman–Crippen LogP) is 1.05. The quantitative estimate of drug-likeness (QED) is 0.860. The van der Waals surface area contributed by atoms with Gasteiger partial charge in [-0.3, -0.25) is 0 Å². The van der Waals surface area contributed by atoms with Gasteiger partial charge in [-0.1, -0.05) is 6.07 Å². The highest BCUT2D eigenvalue weighted by Gasteiger charge is 2.25. The van der Waals surface area contributed by atoms with Crippen LogP contribution in [0.25, 0.3) is 0 Å². The first kappa shape index (κ1) is 12.8. The highest BCUT2D eigenvalue weighted by Crippen LogP contribution is 2.36. The second-order valence-electron chi connectivity index (χ2n) is 3.31. The summed E-state index contributed by atoms with van der Waals surface area (Å²) in [7, 11) is -0.748. The molecular formula is C10H15NO4S. The molecule has 0 aliphatic heterocycles. The molecule has 0 aliphatic rings. The molecule has 0 spiro atoms. The van der Waals surface area contributed by atoms with E-state index in [0.717, 1.165) is 0 Å². The topological polar surface area (TPSA) is 78.6 Å². The van der Waals surface area contributed by atoms with Gasteiger partial charge in [-0.25, -0.2) is 13.6 Å². The Morgan fingerprint density at radius 1 is 1.19 bits per heavy atom. The maximum atomic E-state index is 11.3. The molecule has 0 radical (unpaired) electrons. The largest absolute Gasteiger partial charge is 0.496 e. The van der Waals surface area contributed by atoms with E-state index in [2.05, 4.69) is 0 Å². The zero-order valence-corrected chi connectivity index (χ0v) is 10.2. The van der Waals surface area contributed by atoms with Crippen molar-refractivity contribution in [2.75, 3.05) is 14.2 Å². The third-order valence-electron chi connectivity index (χ3n) is 2.37. The Bertz CT molecular complexity index is 447. The molecule has 1 unspecified atom stereocenters. The van der Waals surface area contributed by atoms with Crippen LogP contribution in [0.3, 0.4) is 0 Å². The average Bonchev–Trinajstić information content (AvgIpc) is 2.25. The molecule has 1 aromatic rings. The number of methoxy groups -OCH3 is 2. The smallest absolute Gasteiger partial charge is 0.216 e. The van der Waals surface area contributed by atoms with Crippen LogP contribution in [0.5, 0.6) is 11.5 Å². The fourth-order valence-electron chi connectivity index (χ4n) is 1.44. The van der Waals surface area contributed by atoms with Gasteiger partial charge in [0.1, 0.15) is 16.7 Å². The van der Waals surface area contributed by atoms with Crippen molar-refractivity contribution in [3.8, 4) is 11.5 Å². The lowest BCUT2D eigenvalue weighted by Crippen LogP contribution is -2.20. The summed E-state index contributed by atoms with van der Waals surface area (Å²) in [6, 6.07) is 5.05. The van der Waals surface area contributed by atoms with Gasteiger partial charge in [0.05, 0.1) is 19.8 Å². The Balaban J connectivity index is 3.40. The highest BCUT2D eigenvalue weighted by atomic mass is 32.2. The molecule has 1 atom stereocenters. The van der Waals surface area contributed by atoms with Crippen molar-refractivity contribution in [1.29, 1.82) is 0 Å². The van der Waals surface area contributed by atoms with Crippen LogP contribution in [0.2, 0.25) is 0 Å². The van der Waals surface area contributed by atoms with Gasteiger partial charge in [-0.2, -0.15) is 0 Å². The van der Waals surface area contributed by atoms with Crippen LogP contribution < -0.4 is 14.6 Å². The second kappa shape index (κ2) is 4.71. The third kappa shape index (κ3) is 2.45. The molecule has 0 bridgehead atoms. The fourth-order valence-corrected chi connectivity index (χ4v) is 2.01. The molecule has 90 valence electrons. The van der Waals surface area contributed by atoms with Gasteiger partial charge in [0.25, 0.3) is 0 Å². The summed E-state index contributed by atoms with van der Waals surface area (Å²) in [6.45, 7) is 1.50. The number of benzene rings is 1. The molecule has 0 saturated carbocycles. The number of rotatable bonds is 4. The minimum Gasteiger partial charge on any atom is -0.496 e. The molecular weight excluding hydrogens is 230 g/mol. The molecule has 16 heavy (non-hydrogen) atoms. The van der Waals surface area contributed by atoms with E-state index in [-0.39, 0.29) is 0 Å². The van der Waals surface area contributed by atoms with Crippen LogP contribution in [0.1, 0.15) is 17.7 Å². The lowest BCUT2D eigenvalue weighted by molar-refractivity contribution is 0.384. The maximum Gasteiger partial charge on any atom is 0.216 e. The average molecular weight is 245 g/mol. The van der Waals surface area contributed by atoms with Crippen molar-refractivity contribution in [1.82, 2.24) is 0 Å². The molecule has 1 rings (SSSR count). The minimum absolute atomic E-state index is 0.440. The summed E-state index contributed by atoms with van der Waals surface area (Å²) in [6.07, 6.45) is 0. The second-order valence-corrected chi connectivity index (χ2v) is 5.19. The Morgan fingerprint density at radius 2 is 1.62 bits per heavy atom. The van der Waals surface area contributed by atoms with Crippen molar-refractivity contribution in [3.63, 3.8) is 0 Å². The molecule has 0 saturated heterocycles. The molecule has 0 aliphatic carbocycles. The molecule has 0 amide bonds. The first-order valence-electron chi connectivity index (χ1n) is 4.64. The Kier molecular flexibility index (Phi) is 3.77. The maximum absolute atomic E-state index is 11.3. The summed E-state index contributed by atoms with van der Waals surface area (Å²) in [5, 5.41) is 4.24. The molecule has 5 nitrogen and oxygen atoms in total. The summed E-state index contributed by atoms with van der Waals surface area (Å²) in [5.74, 6) is 0.891. The van der Waals surface area contributed by atoms with Crippen LogP contribution in [0.4, 0.5) is 0 Å². The molecule has 6 heteroatoms. The van der Waals surface area contributed by atoms with Gasteiger partial charge < -0.3 is 9.47 Å². The summed E-state index contributed by atoms with van der Waals surface area (Å²) in [5.41, 5.74) is 0.440. The van der Waals surface area contributed by atoms with Gasteiger partial charge in [0.2, 0.25) is 10.0 Å². The van der Waals surface area contributed by atoms with Crippen molar-refractivity contribution >= 4 is 10.0 Å². The standard InChI is InChI=1S/C10H15NO4S/c1-7(16(11,12)13)10-8(14-2)5-4-6-9(10)15-3/h4-7H,1-3H3,(H2,11,12,13). The lowest BCUT2D eigenvalue weighted by Gasteiger charge is -2.17. The summed E-state index contributed by atoms with van der Waals surface area (Å²) >= 11 is 0.